The van der Waals surface area contributed by atoms with Crippen LogP contribution in [-0.2, 0) is 17.8 Å². The fourth-order valence-electron chi connectivity index (χ4n) is 4.96. The second-order valence-corrected chi connectivity index (χ2v) is 9.25. The molecule has 1 aliphatic carbocycles. The minimum atomic E-state index is -0.529. The molecule has 174 valence electrons. The predicted molar refractivity (Wildman–Crippen MR) is 133 cm³/mol. The highest BCUT2D eigenvalue weighted by Gasteiger charge is 2.36. The summed E-state index contributed by atoms with van der Waals surface area (Å²) in [6.45, 7) is 2.40. The van der Waals surface area contributed by atoms with Crippen molar-refractivity contribution in [3.05, 3.63) is 94.0 Å². The first kappa shape index (κ1) is 22.5. The lowest BCUT2D eigenvalue weighted by Crippen LogP contribution is -2.42. The lowest BCUT2D eigenvalue weighted by Gasteiger charge is -2.36. The molecule has 0 saturated heterocycles. The van der Waals surface area contributed by atoms with Crippen LogP contribution in [0.5, 0.6) is 5.75 Å². The van der Waals surface area contributed by atoms with Crippen molar-refractivity contribution in [2.45, 2.75) is 51.3 Å². The summed E-state index contributed by atoms with van der Waals surface area (Å²) in [5, 5.41) is 3.33. The number of nitrogens with zero attached hydrogens (tertiary/aromatic N) is 1. The van der Waals surface area contributed by atoms with Crippen LogP contribution < -0.4 is 10.1 Å². The van der Waals surface area contributed by atoms with Gasteiger partial charge in [0.05, 0.1) is 23.2 Å². The molecular weight excluding hydrogens is 448 g/mol. The molecule has 0 radical (unpaired) electrons. The van der Waals surface area contributed by atoms with Gasteiger partial charge in [-0.1, -0.05) is 54.9 Å². The Bertz CT molecular complexity index is 1240. The maximum absolute atomic E-state index is 13.6. The summed E-state index contributed by atoms with van der Waals surface area (Å²) in [5.74, 6) is 0.422. The Kier molecular flexibility index (Phi) is 6.29. The largest absolute Gasteiger partial charge is 0.480 e. The third-order valence-corrected chi connectivity index (χ3v) is 7.02. The number of halogens is 1. The molecule has 2 amide bonds. The summed E-state index contributed by atoms with van der Waals surface area (Å²) in [6, 6.07) is 20.9. The van der Waals surface area contributed by atoms with E-state index >= 15 is 0 Å². The van der Waals surface area contributed by atoms with E-state index in [2.05, 4.69) is 23.5 Å². The third kappa shape index (κ3) is 4.28. The van der Waals surface area contributed by atoms with Crippen molar-refractivity contribution in [1.82, 2.24) is 4.90 Å². The van der Waals surface area contributed by atoms with Gasteiger partial charge < -0.3 is 15.0 Å². The first-order valence-corrected chi connectivity index (χ1v) is 12.2. The number of rotatable bonds is 4. The minimum Gasteiger partial charge on any atom is -0.480 e. The Balaban J connectivity index is 1.47. The smallest absolute Gasteiger partial charge is 0.264 e. The zero-order valence-corrected chi connectivity index (χ0v) is 19.8. The minimum absolute atomic E-state index is 0.0158. The number of fused-ring (bicyclic) bond motifs is 2. The van der Waals surface area contributed by atoms with Crippen LogP contribution in [0.4, 0.5) is 5.69 Å². The lowest BCUT2D eigenvalue weighted by molar-refractivity contribution is -0.141. The van der Waals surface area contributed by atoms with Crippen LogP contribution in [-0.4, -0.2) is 22.8 Å². The SMILES string of the molecule is CC[C@H]1Oc2ccc(NC(=O)c3ccccc3Cl)cc2CN([C@@H]2CCCc3ccccc32)C1=O. The van der Waals surface area contributed by atoms with E-state index in [1.165, 1.54) is 11.1 Å². The fourth-order valence-corrected chi connectivity index (χ4v) is 5.18. The number of benzene rings is 3. The number of amides is 2. The molecule has 0 aromatic heterocycles. The van der Waals surface area contributed by atoms with Gasteiger partial charge in [-0.2, -0.15) is 0 Å². The molecule has 34 heavy (non-hydrogen) atoms. The highest BCUT2D eigenvalue weighted by molar-refractivity contribution is 6.34. The van der Waals surface area contributed by atoms with Crippen molar-refractivity contribution in [1.29, 1.82) is 0 Å². The van der Waals surface area contributed by atoms with Crippen LogP contribution in [0.1, 0.15) is 59.3 Å². The summed E-state index contributed by atoms with van der Waals surface area (Å²) < 4.78 is 6.17. The van der Waals surface area contributed by atoms with Gasteiger partial charge in [0, 0.05) is 11.3 Å². The van der Waals surface area contributed by atoms with E-state index in [0.717, 1.165) is 24.8 Å². The summed E-state index contributed by atoms with van der Waals surface area (Å²) in [6.07, 6.45) is 3.08. The average molecular weight is 475 g/mol. The summed E-state index contributed by atoms with van der Waals surface area (Å²) in [7, 11) is 0. The fraction of sp³-hybridized carbons (Fsp3) is 0.286. The monoisotopic (exact) mass is 474 g/mol. The van der Waals surface area contributed by atoms with Crippen LogP contribution >= 0.6 is 11.6 Å². The Morgan fingerprint density at radius 3 is 2.71 bits per heavy atom. The van der Waals surface area contributed by atoms with Crippen molar-refractivity contribution in [2.75, 3.05) is 5.32 Å². The number of nitrogens with one attached hydrogen (secondary N) is 1. The zero-order chi connectivity index (χ0) is 23.7. The van der Waals surface area contributed by atoms with Crippen molar-refractivity contribution < 1.29 is 14.3 Å². The van der Waals surface area contributed by atoms with Gasteiger partial charge in [-0.05, 0) is 67.1 Å². The van der Waals surface area contributed by atoms with Gasteiger partial charge in [0.2, 0.25) is 0 Å². The molecule has 1 heterocycles. The summed E-state index contributed by atoms with van der Waals surface area (Å²) in [5.41, 5.74) is 4.47. The normalized spacial score (nSPS) is 19.5. The van der Waals surface area contributed by atoms with Gasteiger partial charge in [0.15, 0.2) is 6.10 Å². The number of ether oxygens (including phenoxy) is 1. The van der Waals surface area contributed by atoms with Gasteiger partial charge in [-0.3, -0.25) is 9.59 Å². The highest BCUT2D eigenvalue weighted by atomic mass is 35.5. The first-order chi connectivity index (χ1) is 16.5. The molecule has 5 rings (SSSR count). The molecule has 0 bridgehead atoms. The molecule has 6 heteroatoms. The average Bonchev–Trinajstić information content (AvgIpc) is 2.99. The summed E-state index contributed by atoms with van der Waals surface area (Å²) in [4.78, 5) is 28.3. The number of anilines is 1. The molecule has 1 N–H and O–H groups in total. The Hall–Kier alpha value is -3.31. The van der Waals surface area contributed by atoms with E-state index in [-0.39, 0.29) is 17.9 Å². The molecule has 0 saturated carbocycles. The van der Waals surface area contributed by atoms with Gasteiger partial charge in [-0.15, -0.1) is 0 Å². The van der Waals surface area contributed by atoms with E-state index < -0.39 is 6.10 Å². The molecule has 1 aliphatic heterocycles. The molecule has 2 aliphatic rings. The Labute approximate surface area is 204 Å². The molecule has 2 atom stereocenters. The molecule has 0 unspecified atom stereocenters. The van der Waals surface area contributed by atoms with Crippen molar-refractivity contribution in [3.8, 4) is 5.75 Å². The molecule has 3 aromatic carbocycles. The second-order valence-electron chi connectivity index (χ2n) is 8.84. The zero-order valence-electron chi connectivity index (χ0n) is 19.1. The van der Waals surface area contributed by atoms with Crippen molar-refractivity contribution in [2.24, 2.45) is 0 Å². The Morgan fingerprint density at radius 2 is 1.88 bits per heavy atom. The number of hydrogen-bond acceptors (Lipinski definition) is 3. The lowest BCUT2D eigenvalue weighted by atomic mass is 9.86. The molecule has 0 fully saturated rings. The van der Waals surface area contributed by atoms with E-state index in [1.54, 1.807) is 30.3 Å². The van der Waals surface area contributed by atoms with Gasteiger partial charge in [0.1, 0.15) is 5.75 Å². The van der Waals surface area contributed by atoms with E-state index in [9.17, 15) is 9.59 Å². The molecular formula is C28H27ClN2O3. The van der Waals surface area contributed by atoms with Gasteiger partial charge in [-0.25, -0.2) is 0 Å². The maximum atomic E-state index is 13.6. The van der Waals surface area contributed by atoms with Gasteiger partial charge >= 0.3 is 0 Å². The number of carbonyl (C=O) groups excluding carboxylic acids is 2. The van der Waals surface area contributed by atoms with E-state index in [0.29, 0.717) is 35.0 Å². The second kappa shape index (κ2) is 9.51. The summed E-state index contributed by atoms with van der Waals surface area (Å²) >= 11 is 6.19. The number of aryl methyl sites for hydroxylation is 1. The van der Waals surface area contributed by atoms with Crippen LogP contribution in [0.2, 0.25) is 5.02 Å². The van der Waals surface area contributed by atoms with Crippen LogP contribution in [0.15, 0.2) is 66.7 Å². The van der Waals surface area contributed by atoms with E-state index in [4.69, 9.17) is 16.3 Å². The quantitative estimate of drug-likeness (QED) is 0.492. The van der Waals surface area contributed by atoms with E-state index in [1.807, 2.05) is 30.0 Å². The topological polar surface area (TPSA) is 58.6 Å². The predicted octanol–water partition coefficient (Wildman–Crippen LogP) is 6.17. The van der Waals surface area contributed by atoms with Gasteiger partial charge in [0.25, 0.3) is 11.8 Å². The maximum Gasteiger partial charge on any atom is 0.264 e. The highest BCUT2D eigenvalue weighted by Crippen LogP contribution is 2.39. The molecule has 5 nitrogen and oxygen atoms in total. The van der Waals surface area contributed by atoms with Crippen LogP contribution in [0.3, 0.4) is 0 Å². The van der Waals surface area contributed by atoms with Crippen molar-refractivity contribution >= 4 is 29.1 Å². The molecule has 3 aromatic rings. The Morgan fingerprint density at radius 1 is 1.09 bits per heavy atom. The standard InChI is InChI=1S/C28H27ClN2O3/c1-2-25-28(33)31(24-13-7-9-18-8-3-4-10-21(18)24)17-19-16-20(14-15-26(19)34-25)30-27(32)22-11-5-6-12-23(22)29/h3-6,8,10-12,14-16,24-25H,2,7,9,13,17H2,1H3,(H,30,32)/t24-,25-/m1/s1. The van der Waals surface area contributed by atoms with Crippen molar-refractivity contribution in [3.63, 3.8) is 0 Å². The van der Waals surface area contributed by atoms with Crippen LogP contribution in [0, 0.1) is 0 Å². The van der Waals surface area contributed by atoms with Crippen LogP contribution in [0.25, 0.3) is 0 Å². The third-order valence-electron chi connectivity index (χ3n) is 6.69. The molecule has 0 spiro atoms. The number of carbonyl (C=O) groups is 2. The number of hydrogen-bond donors (Lipinski definition) is 1. The first-order valence-electron chi connectivity index (χ1n) is 11.8.